The molecule has 0 radical (unpaired) electrons. The summed E-state index contributed by atoms with van der Waals surface area (Å²) >= 11 is 0. The number of esters is 2. The van der Waals surface area contributed by atoms with Crippen LogP contribution in [-0.4, -0.2) is 89.5 Å². The molecule has 0 saturated carbocycles. The van der Waals surface area contributed by atoms with E-state index in [2.05, 4.69) is 55.4 Å². The zero-order chi connectivity index (χ0) is 20.1. The number of ether oxygens (including phenoxy) is 2. The second kappa shape index (κ2) is 17.0. The lowest BCUT2D eigenvalue weighted by Gasteiger charge is -2.23. The quantitative estimate of drug-likeness (QED) is 0.154. The summed E-state index contributed by atoms with van der Waals surface area (Å²) in [4.78, 5) is 21.5. The third-order valence-electron chi connectivity index (χ3n) is 2.94. The van der Waals surface area contributed by atoms with Gasteiger partial charge in [0, 0.05) is 24.5 Å². The maximum atomic E-state index is 10.9. The van der Waals surface area contributed by atoms with Crippen molar-refractivity contribution < 1.29 is 52.8 Å². The molecule has 0 amide bonds. The third kappa shape index (κ3) is 29.9. The summed E-state index contributed by atoms with van der Waals surface area (Å²) in [6, 6.07) is 0. The Labute approximate surface area is 178 Å². The van der Waals surface area contributed by atoms with Gasteiger partial charge in [0.25, 0.3) is 0 Å². The minimum atomic E-state index is -0.337. The fourth-order valence-electron chi connectivity index (χ4n) is 1.60. The van der Waals surface area contributed by atoms with E-state index in [1.807, 2.05) is 0 Å². The first-order valence-electron chi connectivity index (χ1n) is 8.51. The van der Waals surface area contributed by atoms with Crippen LogP contribution in [0, 0.1) is 0 Å². The van der Waals surface area contributed by atoms with Crippen molar-refractivity contribution in [2.75, 3.05) is 68.6 Å². The molecular formula is C19H38Cl2N2O4. The van der Waals surface area contributed by atoms with E-state index in [4.69, 9.17) is 9.47 Å². The van der Waals surface area contributed by atoms with Crippen molar-refractivity contribution in [2.24, 2.45) is 0 Å². The van der Waals surface area contributed by atoms with Crippen molar-refractivity contribution in [1.82, 2.24) is 0 Å². The van der Waals surface area contributed by atoms with Crippen molar-refractivity contribution in [1.29, 1.82) is 0 Å². The Morgan fingerprint density at radius 1 is 0.852 bits per heavy atom. The normalized spacial score (nSPS) is 10.2. The zero-order valence-electron chi connectivity index (χ0n) is 18.0. The number of hydrogen-bond donors (Lipinski definition) is 0. The number of rotatable bonds is 10. The Kier molecular flexibility index (Phi) is 21.2. The van der Waals surface area contributed by atoms with Crippen molar-refractivity contribution in [2.45, 2.75) is 19.8 Å². The van der Waals surface area contributed by atoms with Crippen LogP contribution in [0.3, 0.4) is 0 Å². The molecule has 27 heavy (non-hydrogen) atoms. The molecule has 0 unspecified atom stereocenters. The van der Waals surface area contributed by atoms with Gasteiger partial charge < -0.3 is 43.3 Å². The Morgan fingerprint density at radius 2 is 1.22 bits per heavy atom. The molecule has 0 fully saturated rings. The Balaban J connectivity index is -0.000000183. The van der Waals surface area contributed by atoms with E-state index in [1.54, 1.807) is 6.92 Å². The molecule has 0 bridgehead atoms. The van der Waals surface area contributed by atoms with E-state index in [0.717, 1.165) is 34.9 Å². The molecule has 0 heterocycles. The van der Waals surface area contributed by atoms with Gasteiger partial charge in [-0.25, -0.2) is 9.59 Å². The first kappa shape index (κ1) is 33.5. The summed E-state index contributed by atoms with van der Waals surface area (Å²) in [5.41, 5.74) is 0.463. The van der Waals surface area contributed by atoms with Crippen LogP contribution in [-0.2, 0) is 19.1 Å². The van der Waals surface area contributed by atoms with E-state index in [-0.39, 0.29) is 36.8 Å². The van der Waals surface area contributed by atoms with Crippen LogP contribution in [0.1, 0.15) is 19.8 Å². The van der Waals surface area contributed by atoms with Crippen molar-refractivity contribution in [3.05, 3.63) is 24.8 Å². The van der Waals surface area contributed by atoms with Gasteiger partial charge in [-0.05, 0) is 6.92 Å². The summed E-state index contributed by atoms with van der Waals surface area (Å²) < 4.78 is 11.6. The fourth-order valence-corrected chi connectivity index (χ4v) is 1.60. The molecule has 0 saturated heterocycles. The number of carbonyl (C=O) groups is 2. The number of hydrogen-bond acceptors (Lipinski definition) is 4. The first-order chi connectivity index (χ1) is 11.3. The summed E-state index contributed by atoms with van der Waals surface area (Å²) in [6.07, 6.45) is 2.97. The van der Waals surface area contributed by atoms with Crippen LogP contribution in [0.5, 0.6) is 0 Å². The summed E-state index contributed by atoms with van der Waals surface area (Å²) in [7, 11) is 12.7. The van der Waals surface area contributed by atoms with E-state index >= 15 is 0 Å². The highest BCUT2D eigenvalue weighted by Crippen LogP contribution is 1.97. The van der Waals surface area contributed by atoms with Crippen LogP contribution in [0.2, 0.25) is 0 Å². The maximum Gasteiger partial charge on any atom is 0.333 e. The van der Waals surface area contributed by atoms with Gasteiger partial charge in [-0.3, -0.25) is 0 Å². The van der Waals surface area contributed by atoms with E-state index in [9.17, 15) is 9.59 Å². The average Bonchev–Trinajstić information content (AvgIpc) is 2.46. The Morgan fingerprint density at radius 3 is 1.52 bits per heavy atom. The van der Waals surface area contributed by atoms with Crippen LogP contribution in [0.25, 0.3) is 0 Å². The summed E-state index contributed by atoms with van der Waals surface area (Å²) in [6.45, 7) is 11.5. The van der Waals surface area contributed by atoms with Crippen molar-refractivity contribution in [3.63, 3.8) is 0 Å². The molecule has 0 N–H and O–H groups in total. The maximum absolute atomic E-state index is 10.9. The van der Waals surface area contributed by atoms with Gasteiger partial charge in [-0.15, -0.1) is 0 Å². The number of halogens is 2. The molecule has 0 aliphatic heterocycles. The molecule has 0 aromatic rings. The highest BCUT2D eigenvalue weighted by molar-refractivity contribution is 5.86. The molecule has 0 aliphatic carbocycles. The second-order valence-electron chi connectivity index (χ2n) is 8.02. The smallest absolute Gasteiger partial charge is 0.333 e. The van der Waals surface area contributed by atoms with Gasteiger partial charge in [0.15, 0.2) is 0 Å². The number of carbonyl (C=O) groups excluding carboxylic acids is 2. The molecule has 6 nitrogen and oxygen atoms in total. The van der Waals surface area contributed by atoms with Gasteiger partial charge in [0.1, 0.15) is 0 Å². The molecule has 162 valence electrons. The predicted octanol–water partition coefficient (Wildman–Crippen LogP) is -3.98. The van der Waals surface area contributed by atoms with Crippen molar-refractivity contribution >= 4 is 11.9 Å². The van der Waals surface area contributed by atoms with Gasteiger partial charge in [-0.2, -0.15) is 0 Å². The van der Waals surface area contributed by atoms with Gasteiger partial charge in [0.2, 0.25) is 0 Å². The van der Waals surface area contributed by atoms with E-state index in [1.165, 1.54) is 6.08 Å². The fraction of sp³-hybridized carbons (Fsp3) is 0.684. The van der Waals surface area contributed by atoms with Crippen LogP contribution in [0.4, 0.5) is 0 Å². The Hall–Kier alpha value is -1.08. The SMILES string of the molecule is C=C(C)C(=O)OCCC[N+](C)(C)C.C=CC(=O)OCCC[N+](C)(C)C.[Cl-].[Cl-]. The minimum Gasteiger partial charge on any atom is -1.00 e. The standard InChI is InChI=1S/C10H20NO2.C9H18NO2.2ClH/c1-9(2)10(12)13-8-6-7-11(3,4)5;1-5-9(11)12-8-6-7-10(2,3)4;;/h1,6-8H2,2-5H3;5H,1,6-8H2,2-4H3;2*1H/q2*+1;;/p-2. The monoisotopic (exact) mass is 428 g/mol. The topological polar surface area (TPSA) is 52.6 Å². The summed E-state index contributed by atoms with van der Waals surface area (Å²) in [5.74, 6) is -0.627. The number of nitrogens with zero attached hydrogens (tertiary/aromatic N) is 2. The van der Waals surface area contributed by atoms with Crippen molar-refractivity contribution in [3.8, 4) is 0 Å². The minimum absolute atomic E-state index is 0. The lowest BCUT2D eigenvalue weighted by atomic mass is 10.3. The molecule has 0 atom stereocenters. The first-order valence-corrected chi connectivity index (χ1v) is 8.51. The largest absolute Gasteiger partial charge is 1.00 e. The van der Waals surface area contributed by atoms with Gasteiger partial charge >= 0.3 is 11.9 Å². The van der Waals surface area contributed by atoms with Crippen LogP contribution >= 0.6 is 0 Å². The van der Waals surface area contributed by atoms with E-state index in [0.29, 0.717) is 18.8 Å². The molecule has 0 rings (SSSR count). The third-order valence-corrected chi connectivity index (χ3v) is 2.94. The highest BCUT2D eigenvalue weighted by atomic mass is 35.5. The van der Waals surface area contributed by atoms with Gasteiger partial charge in [0.05, 0.1) is 68.6 Å². The van der Waals surface area contributed by atoms with Crippen LogP contribution < -0.4 is 24.8 Å². The lowest BCUT2D eigenvalue weighted by Crippen LogP contribution is -3.00. The molecule has 0 aliphatic rings. The molecular weight excluding hydrogens is 391 g/mol. The van der Waals surface area contributed by atoms with Crippen LogP contribution in [0.15, 0.2) is 24.8 Å². The highest BCUT2D eigenvalue weighted by Gasteiger charge is 2.08. The summed E-state index contributed by atoms with van der Waals surface area (Å²) in [5, 5.41) is 0. The predicted molar refractivity (Wildman–Crippen MR) is 102 cm³/mol. The Bertz CT molecular complexity index is 442. The molecule has 0 spiro atoms. The number of quaternary nitrogens is 2. The molecule has 0 aromatic carbocycles. The molecule has 0 aromatic heterocycles. The molecule has 8 heteroatoms. The second-order valence-corrected chi connectivity index (χ2v) is 8.02. The average molecular weight is 429 g/mol. The van der Waals surface area contributed by atoms with Gasteiger partial charge in [-0.1, -0.05) is 13.2 Å². The lowest BCUT2D eigenvalue weighted by molar-refractivity contribution is -0.870. The van der Waals surface area contributed by atoms with E-state index < -0.39 is 0 Å². The zero-order valence-corrected chi connectivity index (χ0v) is 19.5.